The number of urea groups is 1. The Bertz CT molecular complexity index is 505. The maximum atomic E-state index is 11.3. The molecular formula is C9H5N3O4. The molecule has 3 amide bonds. The van der Waals surface area contributed by atoms with Gasteiger partial charge in [0.1, 0.15) is 5.69 Å². The summed E-state index contributed by atoms with van der Waals surface area (Å²) in [4.78, 5) is 36.5. The number of hydrogen-bond acceptors (Lipinski definition) is 4. The van der Waals surface area contributed by atoms with Crippen molar-refractivity contribution in [3.8, 4) is 0 Å². The highest BCUT2D eigenvalue weighted by Gasteiger charge is 2.31. The zero-order valence-electron chi connectivity index (χ0n) is 7.86. The molecule has 1 aliphatic heterocycles. The van der Waals surface area contributed by atoms with Crippen molar-refractivity contribution < 1.29 is 14.5 Å². The molecule has 1 aromatic carbocycles. The van der Waals surface area contributed by atoms with E-state index in [1.807, 2.05) is 0 Å². The molecule has 0 saturated heterocycles. The number of nitro groups is 1. The molecule has 7 heteroatoms. The molecule has 0 spiro atoms. The number of carbonyl (C=O) groups is 2. The number of para-hydroxylation sites is 2. The summed E-state index contributed by atoms with van der Waals surface area (Å²) in [6.07, 6.45) is 0.832. The normalized spacial score (nSPS) is 14.6. The number of benzene rings is 1. The first-order valence-corrected chi connectivity index (χ1v) is 4.27. The third-order valence-corrected chi connectivity index (χ3v) is 2.02. The smallest absolute Gasteiger partial charge is 0.267 e. The van der Waals surface area contributed by atoms with E-state index in [2.05, 4.69) is 4.99 Å². The number of anilines is 1. The summed E-state index contributed by atoms with van der Waals surface area (Å²) in [7, 11) is 0. The molecule has 0 N–H and O–H groups in total. The number of nitrogens with zero attached hydrogens (tertiary/aromatic N) is 3. The van der Waals surface area contributed by atoms with Gasteiger partial charge in [-0.15, -0.1) is 0 Å². The van der Waals surface area contributed by atoms with E-state index in [4.69, 9.17) is 0 Å². The van der Waals surface area contributed by atoms with Gasteiger partial charge >= 0.3 is 6.03 Å². The van der Waals surface area contributed by atoms with Crippen LogP contribution in [0.5, 0.6) is 0 Å². The molecule has 7 nitrogen and oxygen atoms in total. The van der Waals surface area contributed by atoms with Crippen LogP contribution in [0.3, 0.4) is 0 Å². The molecule has 0 atom stereocenters. The van der Waals surface area contributed by atoms with E-state index in [1.165, 1.54) is 24.3 Å². The zero-order valence-corrected chi connectivity index (χ0v) is 7.86. The molecule has 0 bridgehead atoms. The third-order valence-electron chi connectivity index (χ3n) is 2.02. The number of hydrogen-bond donors (Lipinski definition) is 0. The third kappa shape index (κ3) is 1.44. The van der Waals surface area contributed by atoms with Crippen LogP contribution in [-0.2, 0) is 4.79 Å². The van der Waals surface area contributed by atoms with E-state index >= 15 is 0 Å². The Morgan fingerprint density at radius 1 is 1.25 bits per heavy atom. The summed E-state index contributed by atoms with van der Waals surface area (Å²) < 4.78 is 0. The van der Waals surface area contributed by atoms with Gasteiger partial charge in [0.15, 0.2) is 0 Å². The van der Waals surface area contributed by atoms with Crippen LogP contribution in [0.4, 0.5) is 16.2 Å². The molecule has 16 heavy (non-hydrogen) atoms. The van der Waals surface area contributed by atoms with Gasteiger partial charge in [-0.3, -0.25) is 14.9 Å². The first-order valence-electron chi connectivity index (χ1n) is 4.27. The molecule has 0 unspecified atom stereocenters. The summed E-state index contributed by atoms with van der Waals surface area (Å²) in [5.41, 5.74) is -0.380. The van der Waals surface area contributed by atoms with Crippen molar-refractivity contribution in [1.82, 2.24) is 0 Å². The van der Waals surface area contributed by atoms with Crippen molar-refractivity contribution in [2.45, 2.75) is 0 Å². The molecule has 0 saturated carbocycles. The SMILES string of the molecule is O=C1C=NC(=O)N1c1ccccc1[N+](=O)[O-]. The van der Waals surface area contributed by atoms with Crippen LogP contribution in [0.2, 0.25) is 0 Å². The van der Waals surface area contributed by atoms with Crippen LogP contribution in [-0.4, -0.2) is 23.1 Å². The summed E-state index contributed by atoms with van der Waals surface area (Å²) >= 11 is 0. The van der Waals surface area contributed by atoms with Crippen LogP contribution in [0, 0.1) is 10.1 Å². The standard InChI is InChI=1S/C9H5N3O4/c13-8-5-10-9(14)11(8)6-3-1-2-4-7(6)12(15)16/h1-5H. The lowest BCUT2D eigenvalue weighted by molar-refractivity contribution is -0.384. The summed E-state index contributed by atoms with van der Waals surface area (Å²) in [6, 6.07) is 4.67. The number of carbonyl (C=O) groups excluding carboxylic acids is 2. The molecule has 80 valence electrons. The second-order valence-corrected chi connectivity index (χ2v) is 2.96. The highest BCUT2D eigenvalue weighted by molar-refractivity contribution is 6.45. The molecule has 1 aromatic rings. The molecule has 0 aromatic heterocycles. The van der Waals surface area contributed by atoms with E-state index in [0.717, 1.165) is 6.21 Å². The van der Waals surface area contributed by atoms with Gasteiger partial charge in [0.25, 0.3) is 11.6 Å². The summed E-state index contributed by atoms with van der Waals surface area (Å²) in [5, 5.41) is 10.7. The fourth-order valence-corrected chi connectivity index (χ4v) is 1.35. The predicted molar refractivity (Wildman–Crippen MR) is 54.5 cm³/mol. The lowest BCUT2D eigenvalue weighted by atomic mass is 10.2. The Morgan fingerprint density at radius 2 is 1.94 bits per heavy atom. The van der Waals surface area contributed by atoms with Crippen LogP contribution < -0.4 is 4.90 Å². The van der Waals surface area contributed by atoms with Crippen molar-refractivity contribution in [3.63, 3.8) is 0 Å². The van der Waals surface area contributed by atoms with Crippen LogP contribution in [0.15, 0.2) is 29.3 Å². The quantitative estimate of drug-likeness (QED) is 0.550. The van der Waals surface area contributed by atoms with Gasteiger partial charge in [-0.05, 0) is 6.07 Å². The molecule has 2 rings (SSSR count). The monoisotopic (exact) mass is 219 g/mol. The Kier molecular flexibility index (Phi) is 2.20. The van der Waals surface area contributed by atoms with Crippen molar-refractivity contribution in [3.05, 3.63) is 34.4 Å². The van der Waals surface area contributed by atoms with Crippen LogP contribution >= 0.6 is 0 Å². The number of imide groups is 1. The number of nitro benzene ring substituents is 1. The molecule has 0 radical (unpaired) electrons. The minimum atomic E-state index is -0.820. The zero-order chi connectivity index (χ0) is 11.7. The second kappa shape index (κ2) is 3.54. The topological polar surface area (TPSA) is 92.9 Å². The largest absolute Gasteiger partial charge is 0.355 e. The van der Waals surface area contributed by atoms with Crippen LogP contribution in [0.25, 0.3) is 0 Å². The van der Waals surface area contributed by atoms with E-state index in [1.54, 1.807) is 0 Å². The number of amides is 3. The van der Waals surface area contributed by atoms with E-state index < -0.39 is 16.9 Å². The fourth-order valence-electron chi connectivity index (χ4n) is 1.35. The van der Waals surface area contributed by atoms with Gasteiger partial charge in [-0.2, -0.15) is 4.99 Å². The van der Waals surface area contributed by atoms with Crippen molar-refractivity contribution >= 4 is 29.5 Å². The van der Waals surface area contributed by atoms with Gasteiger partial charge in [-0.25, -0.2) is 9.69 Å². The lowest BCUT2D eigenvalue weighted by Gasteiger charge is -2.11. The Morgan fingerprint density at radius 3 is 2.50 bits per heavy atom. The molecule has 1 heterocycles. The molecule has 0 fully saturated rings. The molecule has 1 aliphatic rings. The van der Waals surface area contributed by atoms with E-state index in [9.17, 15) is 19.7 Å². The average Bonchev–Trinajstić information content (AvgIpc) is 2.58. The Hall–Kier alpha value is -2.57. The van der Waals surface area contributed by atoms with Crippen LogP contribution in [0.1, 0.15) is 0 Å². The van der Waals surface area contributed by atoms with Gasteiger partial charge < -0.3 is 0 Å². The first-order chi connectivity index (χ1) is 7.61. The number of rotatable bonds is 2. The van der Waals surface area contributed by atoms with Crippen molar-refractivity contribution in [1.29, 1.82) is 0 Å². The van der Waals surface area contributed by atoms with Crippen molar-refractivity contribution in [2.75, 3.05) is 4.90 Å². The minimum absolute atomic E-state index is 0.0694. The van der Waals surface area contributed by atoms with Gasteiger partial charge in [0.05, 0.1) is 11.1 Å². The summed E-state index contributed by atoms with van der Waals surface area (Å²) in [6.45, 7) is 0. The molecule has 0 aliphatic carbocycles. The van der Waals surface area contributed by atoms with Crippen molar-refractivity contribution in [2.24, 2.45) is 4.99 Å². The highest BCUT2D eigenvalue weighted by atomic mass is 16.6. The first kappa shape index (κ1) is 9.97. The second-order valence-electron chi connectivity index (χ2n) is 2.96. The number of aliphatic imine (C=N–C) groups is 1. The Balaban J connectivity index is 2.52. The fraction of sp³-hybridized carbons (Fsp3) is 0. The average molecular weight is 219 g/mol. The predicted octanol–water partition coefficient (Wildman–Crippen LogP) is 1.13. The lowest BCUT2D eigenvalue weighted by Crippen LogP contribution is -2.30. The minimum Gasteiger partial charge on any atom is -0.267 e. The molecular weight excluding hydrogens is 214 g/mol. The van der Waals surface area contributed by atoms with Gasteiger partial charge in [0.2, 0.25) is 0 Å². The maximum Gasteiger partial charge on any atom is 0.355 e. The summed E-state index contributed by atoms with van der Waals surface area (Å²) in [5.74, 6) is -0.681. The highest BCUT2D eigenvalue weighted by Crippen LogP contribution is 2.29. The van der Waals surface area contributed by atoms with Gasteiger partial charge in [-0.1, -0.05) is 12.1 Å². The Labute approximate surface area is 89.2 Å². The van der Waals surface area contributed by atoms with E-state index in [0.29, 0.717) is 4.90 Å². The van der Waals surface area contributed by atoms with Gasteiger partial charge in [0, 0.05) is 6.07 Å². The maximum absolute atomic E-state index is 11.3. The van der Waals surface area contributed by atoms with E-state index in [-0.39, 0.29) is 11.4 Å².